The second-order valence-corrected chi connectivity index (χ2v) is 6.50. The predicted molar refractivity (Wildman–Crippen MR) is 76.8 cm³/mol. The van der Waals surface area contributed by atoms with E-state index in [9.17, 15) is 18.5 Å². The van der Waals surface area contributed by atoms with E-state index in [1.807, 2.05) is 6.92 Å². The van der Waals surface area contributed by atoms with Gasteiger partial charge in [-0.05, 0) is 18.6 Å². The summed E-state index contributed by atoms with van der Waals surface area (Å²) in [6.07, 6.45) is 2.58. The van der Waals surface area contributed by atoms with Gasteiger partial charge in [0, 0.05) is 13.6 Å². The number of nitro benzene ring substituents is 1. The number of anilines is 1. The Morgan fingerprint density at radius 2 is 2.00 bits per heavy atom. The number of nitrogens with zero attached hydrogens (tertiary/aromatic N) is 2. The Balaban J connectivity index is 3.16. The van der Waals surface area contributed by atoms with E-state index in [2.05, 4.69) is 0 Å². The molecule has 0 saturated heterocycles. The lowest BCUT2D eigenvalue weighted by molar-refractivity contribution is -0.386. The number of unbranched alkanes of at least 4 members (excludes halogenated alkanes) is 2. The topological polar surface area (TPSA) is 107 Å². The van der Waals surface area contributed by atoms with Gasteiger partial charge in [0.05, 0.1) is 4.92 Å². The minimum absolute atomic E-state index is 0.155. The third-order valence-corrected chi connectivity index (χ3v) is 4.87. The molecule has 2 N–H and O–H groups in total. The van der Waals surface area contributed by atoms with Crippen molar-refractivity contribution in [2.45, 2.75) is 31.1 Å². The smallest absolute Gasteiger partial charge is 0.312 e. The molecule has 0 amide bonds. The Morgan fingerprint density at radius 3 is 2.55 bits per heavy atom. The highest BCUT2D eigenvalue weighted by Crippen LogP contribution is 2.31. The van der Waals surface area contributed by atoms with Crippen molar-refractivity contribution in [2.24, 2.45) is 0 Å². The summed E-state index contributed by atoms with van der Waals surface area (Å²) in [5.41, 5.74) is 4.80. The standard InChI is InChI=1S/C12H19N3O4S/c1-3-4-5-9-14(2)20(18,19)11-8-6-7-10(13)12(11)15(16)17/h6-8H,3-5,9,13H2,1-2H3. The maximum absolute atomic E-state index is 12.4. The first-order valence-electron chi connectivity index (χ1n) is 6.31. The highest BCUT2D eigenvalue weighted by atomic mass is 32.2. The Kier molecular flexibility index (Phi) is 5.46. The minimum Gasteiger partial charge on any atom is -0.393 e. The molecule has 0 spiro atoms. The van der Waals surface area contributed by atoms with Crippen LogP contribution in [0, 0.1) is 10.1 Å². The van der Waals surface area contributed by atoms with Gasteiger partial charge in [-0.3, -0.25) is 10.1 Å². The number of para-hydroxylation sites is 1. The fraction of sp³-hybridized carbons (Fsp3) is 0.500. The van der Waals surface area contributed by atoms with Crippen LogP contribution in [0.3, 0.4) is 0 Å². The monoisotopic (exact) mass is 301 g/mol. The van der Waals surface area contributed by atoms with Crippen LogP contribution < -0.4 is 5.73 Å². The van der Waals surface area contributed by atoms with Crippen LogP contribution in [0.1, 0.15) is 26.2 Å². The minimum atomic E-state index is -3.91. The summed E-state index contributed by atoms with van der Waals surface area (Å²) in [5.74, 6) is 0. The number of hydrogen-bond acceptors (Lipinski definition) is 5. The Labute approximate surface area is 118 Å². The average molecular weight is 301 g/mol. The zero-order valence-corrected chi connectivity index (χ0v) is 12.4. The fourth-order valence-electron chi connectivity index (χ4n) is 1.82. The van der Waals surface area contributed by atoms with E-state index in [4.69, 9.17) is 5.73 Å². The molecule has 1 aromatic carbocycles. The third kappa shape index (κ3) is 3.45. The van der Waals surface area contributed by atoms with Crippen molar-refractivity contribution in [2.75, 3.05) is 19.3 Å². The third-order valence-electron chi connectivity index (χ3n) is 2.98. The molecular weight excluding hydrogens is 282 g/mol. The Hall–Kier alpha value is -1.67. The number of nitro groups is 1. The summed E-state index contributed by atoms with van der Waals surface area (Å²) in [5, 5.41) is 11.0. The van der Waals surface area contributed by atoms with Gasteiger partial charge in [-0.15, -0.1) is 0 Å². The lowest BCUT2D eigenvalue weighted by Crippen LogP contribution is -2.28. The Bertz CT molecular complexity index is 586. The van der Waals surface area contributed by atoms with Gasteiger partial charge in [-0.2, -0.15) is 0 Å². The van der Waals surface area contributed by atoms with Gasteiger partial charge in [0.2, 0.25) is 10.0 Å². The van der Waals surface area contributed by atoms with Crippen molar-refractivity contribution in [3.8, 4) is 0 Å². The molecule has 0 aliphatic rings. The first kappa shape index (κ1) is 16.4. The molecule has 0 bridgehead atoms. The van der Waals surface area contributed by atoms with E-state index >= 15 is 0 Å². The highest BCUT2D eigenvalue weighted by Gasteiger charge is 2.30. The SMILES string of the molecule is CCCCCN(C)S(=O)(=O)c1cccc(N)c1[N+](=O)[O-]. The van der Waals surface area contributed by atoms with E-state index < -0.39 is 20.6 Å². The maximum Gasteiger partial charge on any atom is 0.312 e. The molecule has 0 unspecified atom stereocenters. The van der Waals surface area contributed by atoms with Crippen LogP contribution in [0.5, 0.6) is 0 Å². The first-order chi connectivity index (χ1) is 9.32. The quantitative estimate of drug-likeness (QED) is 0.359. The van der Waals surface area contributed by atoms with Gasteiger partial charge in [-0.25, -0.2) is 12.7 Å². The summed E-state index contributed by atoms with van der Waals surface area (Å²) < 4.78 is 25.9. The second-order valence-electron chi connectivity index (χ2n) is 4.48. The number of nitrogen functional groups attached to an aromatic ring is 1. The van der Waals surface area contributed by atoms with Crippen LogP contribution in [0.2, 0.25) is 0 Å². The van der Waals surface area contributed by atoms with Crippen LogP contribution in [-0.4, -0.2) is 31.2 Å². The van der Waals surface area contributed by atoms with Crippen LogP contribution in [0.25, 0.3) is 0 Å². The Morgan fingerprint density at radius 1 is 1.35 bits per heavy atom. The van der Waals surface area contributed by atoms with Gasteiger partial charge >= 0.3 is 5.69 Å². The largest absolute Gasteiger partial charge is 0.393 e. The van der Waals surface area contributed by atoms with E-state index in [0.29, 0.717) is 13.0 Å². The summed E-state index contributed by atoms with van der Waals surface area (Å²) in [7, 11) is -2.49. The maximum atomic E-state index is 12.4. The molecular formula is C12H19N3O4S. The van der Waals surface area contributed by atoms with Crippen LogP contribution >= 0.6 is 0 Å². The zero-order valence-electron chi connectivity index (χ0n) is 11.6. The van der Waals surface area contributed by atoms with Gasteiger partial charge in [-0.1, -0.05) is 25.8 Å². The van der Waals surface area contributed by atoms with Crippen molar-refractivity contribution < 1.29 is 13.3 Å². The molecule has 20 heavy (non-hydrogen) atoms. The molecule has 0 aliphatic carbocycles. The van der Waals surface area contributed by atoms with E-state index in [0.717, 1.165) is 17.1 Å². The number of sulfonamides is 1. The van der Waals surface area contributed by atoms with Gasteiger partial charge in [0.1, 0.15) is 5.69 Å². The predicted octanol–water partition coefficient (Wildman–Crippen LogP) is 1.99. The van der Waals surface area contributed by atoms with Gasteiger partial charge in [0.15, 0.2) is 4.90 Å². The molecule has 112 valence electrons. The molecule has 1 aromatic rings. The number of benzene rings is 1. The molecule has 1 rings (SSSR count). The molecule has 8 heteroatoms. The van der Waals surface area contributed by atoms with Crippen molar-refractivity contribution in [3.05, 3.63) is 28.3 Å². The molecule has 0 radical (unpaired) electrons. The van der Waals surface area contributed by atoms with E-state index in [1.54, 1.807) is 0 Å². The van der Waals surface area contributed by atoms with Gasteiger partial charge < -0.3 is 5.73 Å². The summed E-state index contributed by atoms with van der Waals surface area (Å²) >= 11 is 0. The summed E-state index contributed by atoms with van der Waals surface area (Å²) in [6.45, 7) is 2.33. The van der Waals surface area contributed by atoms with E-state index in [-0.39, 0.29) is 10.6 Å². The van der Waals surface area contributed by atoms with Crippen LogP contribution in [0.15, 0.2) is 23.1 Å². The number of nitrogens with two attached hydrogens (primary N) is 1. The lowest BCUT2D eigenvalue weighted by Gasteiger charge is -2.17. The highest BCUT2D eigenvalue weighted by molar-refractivity contribution is 7.89. The van der Waals surface area contributed by atoms with Crippen LogP contribution in [-0.2, 0) is 10.0 Å². The second kappa shape index (κ2) is 6.67. The lowest BCUT2D eigenvalue weighted by atomic mass is 10.2. The molecule has 0 aliphatic heterocycles. The van der Waals surface area contributed by atoms with Gasteiger partial charge in [0.25, 0.3) is 0 Å². The molecule has 0 atom stereocenters. The molecule has 0 fully saturated rings. The molecule has 0 aromatic heterocycles. The normalized spacial score (nSPS) is 11.8. The van der Waals surface area contributed by atoms with Crippen molar-refractivity contribution in [1.29, 1.82) is 0 Å². The summed E-state index contributed by atoms with van der Waals surface area (Å²) in [6, 6.07) is 3.92. The van der Waals surface area contributed by atoms with Crippen LogP contribution in [0.4, 0.5) is 11.4 Å². The first-order valence-corrected chi connectivity index (χ1v) is 7.75. The average Bonchev–Trinajstić information content (AvgIpc) is 2.38. The fourth-order valence-corrected chi connectivity index (χ4v) is 3.21. The zero-order chi connectivity index (χ0) is 15.3. The summed E-state index contributed by atoms with van der Waals surface area (Å²) in [4.78, 5) is 9.89. The molecule has 7 nitrogen and oxygen atoms in total. The number of rotatable bonds is 7. The molecule has 0 saturated carbocycles. The number of hydrogen-bond donors (Lipinski definition) is 1. The van der Waals surface area contributed by atoms with Crippen molar-refractivity contribution in [3.63, 3.8) is 0 Å². The molecule has 0 heterocycles. The van der Waals surface area contributed by atoms with Crippen molar-refractivity contribution >= 4 is 21.4 Å². The van der Waals surface area contributed by atoms with Crippen molar-refractivity contribution in [1.82, 2.24) is 4.31 Å². The van der Waals surface area contributed by atoms with E-state index in [1.165, 1.54) is 25.2 Å².